The van der Waals surface area contributed by atoms with E-state index >= 15 is 0 Å². The molecule has 0 aromatic rings. The van der Waals surface area contributed by atoms with Gasteiger partial charge in [-0.1, -0.05) is 0 Å². The van der Waals surface area contributed by atoms with Crippen molar-refractivity contribution in [2.24, 2.45) is 22.8 Å². The largest absolute Gasteiger partial charge is 0.370 e. The third-order valence-corrected chi connectivity index (χ3v) is 6.24. The van der Waals surface area contributed by atoms with E-state index in [0.29, 0.717) is 45.3 Å². The van der Waals surface area contributed by atoms with Crippen LogP contribution in [0.25, 0.3) is 0 Å². The van der Waals surface area contributed by atoms with Gasteiger partial charge in [0.25, 0.3) is 0 Å². The second-order valence-electron chi connectivity index (χ2n) is 8.18. The van der Waals surface area contributed by atoms with Crippen LogP contribution in [-0.4, -0.2) is 72.6 Å². The molecule has 2 bridgehead atoms. The first-order valence-electron chi connectivity index (χ1n) is 9.96. The first-order chi connectivity index (χ1) is 13.7. The van der Waals surface area contributed by atoms with Gasteiger partial charge in [-0.2, -0.15) is 0 Å². The zero-order valence-corrected chi connectivity index (χ0v) is 16.3. The molecule has 1 spiro atoms. The number of guanidine groups is 1. The van der Waals surface area contributed by atoms with Crippen molar-refractivity contribution in [1.29, 1.82) is 5.41 Å². The fourth-order valence-corrected chi connectivity index (χ4v) is 4.96. The van der Waals surface area contributed by atoms with Gasteiger partial charge in [0.1, 0.15) is 12.1 Å². The number of carbonyl (C=O) groups excluding carboxylic acids is 4. The van der Waals surface area contributed by atoms with Gasteiger partial charge in [-0.05, 0) is 38.6 Å². The Balaban J connectivity index is 1.89. The molecule has 3 heterocycles. The van der Waals surface area contributed by atoms with Gasteiger partial charge in [-0.3, -0.25) is 29.5 Å². The van der Waals surface area contributed by atoms with Crippen molar-refractivity contribution in [3.05, 3.63) is 0 Å². The second kappa shape index (κ2) is 8.36. The summed E-state index contributed by atoms with van der Waals surface area (Å²) in [5.74, 6) is -2.23. The van der Waals surface area contributed by atoms with Crippen molar-refractivity contribution in [2.45, 2.75) is 44.2 Å². The third kappa shape index (κ3) is 4.34. The van der Waals surface area contributed by atoms with E-state index in [1.54, 1.807) is 0 Å². The number of fused-ring (bicyclic) bond motifs is 2. The Morgan fingerprint density at radius 1 is 1.28 bits per heavy atom. The molecular weight excluding hydrogens is 378 g/mol. The summed E-state index contributed by atoms with van der Waals surface area (Å²) < 4.78 is 0. The summed E-state index contributed by atoms with van der Waals surface area (Å²) in [6, 6.07) is -1.61. The van der Waals surface area contributed by atoms with Crippen molar-refractivity contribution in [3.8, 4) is 0 Å². The van der Waals surface area contributed by atoms with Gasteiger partial charge in [0, 0.05) is 18.5 Å². The fraction of sp³-hybridized carbons (Fsp3) is 0.722. The van der Waals surface area contributed by atoms with Crippen LogP contribution in [0.5, 0.6) is 0 Å². The molecule has 3 fully saturated rings. The van der Waals surface area contributed by atoms with Gasteiger partial charge in [-0.15, -0.1) is 0 Å². The Bertz CT molecular complexity index is 727. The molecule has 0 aromatic heterocycles. The van der Waals surface area contributed by atoms with Crippen LogP contribution in [0.4, 0.5) is 0 Å². The van der Waals surface area contributed by atoms with E-state index in [9.17, 15) is 19.2 Å². The number of Topliss-reactive ketones (excluding diaryl/α,β-unsaturated/α-hetero) is 1. The van der Waals surface area contributed by atoms with Crippen LogP contribution in [0.15, 0.2) is 0 Å². The molecule has 0 saturated carbocycles. The van der Waals surface area contributed by atoms with Crippen LogP contribution in [0.3, 0.4) is 0 Å². The van der Waals surface area contributed by atoms with Gasteiger partial charge in [-0.25, -0.2) is 0 Å². The number of carbonyl (C=O) groups is 4. The normalized spacial score (nSPS) is 34.6. The summed E-state index contributed by atoms with van der Waals surface area (Å²) in [5, 5.41) is 15.4. The number of nitrogens with one attached hydrogen (secondary N) is 4. The van der Waals surface area contributed by atoms with Crippen LogP contribution in [0.1, 0.15) is 32.1 Å². The lowest BCUT2D eigenvalue weighted by Crippen LogP contribution is -2.67. The lowest BCUT2D eigenvalue weighted by molar-refractivity contribution is -0.154. The molecule has 11 heteroatoms. The van der Waals surface area contributed by atoms with Crippen LogP contribution in [-0.2, 0) is 19.2 Å². The average molecular weight is 407 g/mol. The molecule has 3 aliphatic heterocycles. The molecule has 29 heavy (non-hydrogen) atoms. The number of piperidine rings is 1. The molecule has 3 amide bonds. The monoisotopic (exact) mass is 407 g/mol. The Morgan fingerprint density at radius 3 is 2.72 bits per heavy atom. The minimum absolute atomic E-state index is 0.143. The molecule has 2 unspecified atom stereocenters. The first-order valence-corrected chi connectivity index (χ1v) is 9.96. The van der Waals surface area contributed by atoms with Gasteiger partial charge in [0.15, 0.2) is 11.7 Å². The minimum Gasteiger partial charge on any atom is -0.370 e. The Morgan fingerprint density at radius 2 is 2.03 bits per heavy atom. The summed E-state index contributed by atoms with van der Waals surface area (Å²) in [6.45, 7) is 1.73. The van der Waals surface area contributed by atoms with E-state index in [4.69, 9.17) is 16.9 Å². The molecule has 0 aliphatic carbocycles. The maximum absolute atomic E-state index is 13.7. The predicted molar refractivity (Wildman–Crippen MR) is 103 cm³/mol. The topological polar surface area (TPSA) is 184 Å². The van der Waals surface area contributed by atoms with Crippen molar-refractivity contribution >= 4 is 29.5 Å². The number of hydrogen-bond donors (Lipinski definition) is 6. The third-order valence-electron chi connectivity index (χ3n) is 6.24. The lowest BCUT2D eigenvalue weighted by atomic mass is 9.59. The minimum atomic E-state index is -1.06. The molecule has 11 nitrogen and oxygen atoms in total. The molecule has 3 rings (SSSR count). The molecule has 5 atom stereocenters. The Hall–Kier alpha value is -2.69. The maximum atomic E-state index is 13.7. The molecule has 3 saturated heterocycles. The molecule has 0 aromatic carbocycles. The van der Waals surface area contributed by atoms with E-state index in [-0.39, 0.29) is 36.5 Å². The molecule has 160 valence electrons. The lowest BCUT2D eigenvalue weighted by Gasteiger charge is -2.49. The number of ketones is 1. The van der Waals surface area contributed by atoms with Crippen LogP contribution in [0, 0.1) is 16.7 Å². The smallest absolute Gasteiger partial charge is 0.240 e. The van der Waals surface area contributed by atoms with E-state index in [2.05, 4.69) is 16.0 Å². The number of piperazine rings is 1. The van der Waals surface area contributed by atoms with Crippen LogP contribution >= 0.6 is 0 Å². The highest BCUT2D eigenvalue weighted by Crippen LogP contribution is 2.46. The van der Waals surface area contributed by atoms with E-state index < -0.39 is 29.3 Å². The standard InChI is InChI=1S/C18H29N7O4/c19-15(28)11-7-18(10(16(29)24-11)3-1-5-22-17(20)21)4-2-6-25-8-12(14(18)27)23-13(26)9-25/h10-12H,1-9H2,(H2,19,28)(H,23,26)(H,24,29)(H4,20,21,22)/t10-,11+,12+,18?/m0/s1. The SMILES string of the molecule is N=C(N)NCCC[C@H]1C(=O)N[C@@H](C(N)=O)CC12CCCN1CC(=O)N[C@H](C1)C2=O. The van der Waals surface area contributed by atoms with Crippen molar-refractivity contribution in [1.82, 2.24) is 20.9 Å². The Labute approximate surface area is 168 Å². The zero-order chi connectivity index (χ0) is 21.2. The average Bonchev–Trinajstić information content (AvgIpc) is 2.64. The summed E-state index contributed by atoms with van der Waals surface area (Å²) in [6.07, 6.45) is 2.16. The number of rotatable bonds is 5. The van der Waals surface area contributed by atoms with E-state index in [1.165, 1.54) is 0 Å². The summed E-state index contributed by atoms with van der Waals surface area (Å²) in [5.41, 5.74) is 9.71. The first kappa shape index (κ1) is 21.0. The highest BCUT2D eigenvalue weighted by atomic mass is 16.2. The second-order valence-corrected chi connectivity index (χ2v) is 8.18. The summed E-state index contributed by atoms with van der Waals surface area (Å²) in [7, 11) is 0. The van der Waals surface area contributed by atoms with Gasteiger partial charge in [0.05, 0.1) is 12.5 Å². The van der Waals surface area contributed by atoms with Crippen molar-refractivity contribution in [3.63, 3.8) is 0 Å². The Kier molecular flexibility index (Phi) is 6.06. The number of primary amides is 1. The van der Waals surface area contributed by atoms with Gasteiger partial charge < -0.3 is 27.4 Å². The van der Waals surface area contributed by atoms with Gasteiger partial charge in [0.2, 0.25) is 17.7 Å². The molecule has 0 radical (unpaired) electrons. The van der Waals surface area contributed by atoms with Crippen LogP contribution < -0.4 is 27.4 Å². The van der Waals surface area contributed by atoms with Crippen molar-refractivity contribution < 1.29 is 19.2 Å². The number of hydrogen-bond acceptors (Lipinski definition) is 6. The quantitative estimate of drug-likeness (QED) is 0.164. The maximum Gasteiger partial charge on any atom is 0.240 e. The van der Waals surface area contributed by atoms with Gasteiger partial charge >= 0.3 is 0 Å². The highest BCUT2D eigenvalue weighted by molar-refractivity contribution is 6.01. The number of nitrogens with two attached hydrogens (primary N) is 2. The number of amides is 3. The zero-order valence-electron chi connectivity index (χ0n) is 16.3. The molecule has 3 aliphatic rings. The van der Waals surface area contributed by atoms with Crippen molar-refractivity contribution in [2.75, 3.05) is 26.2 Å². The number of nitrogens with zero attached hydrogens (tertiary/aromatic N) is 1. The van der Waals surface area contributed by atoms with E-state index in [0.717, 1.165) is 0 Å². The van der Waals surface area contributed by atoms with E-state index in [1.807, 2.05) is 4.90 Å². The molecule has 8 N–H and O–H groups in total. The predicted octanol–water partition coefficient (Wildman–Crippen LogP) is -2.61. The van der Waals surface area contributed by atoms with Crippen LogP contribution in [0.2, 0.25) is 0 Å². The molecular formula is C18H29N7O4. The fourth-order valence-electron chi connectivity index (χ4n) is 4.96. The summed E-state index contributed by atoms with van der Waals surface area (Å²) in [4.78, 5) is 52.5. The summed E-state index contributed by atoms with van der Waals surface area (Å²) >= 11 is 0. The highest BCUT2D eigenvalue weighted by Gasteiger charge is 2.56.